The number of carbonyl (C=O) groups excluding carboxylic acids is 2. The van der Waals surface area contributed by atoms with Crippen LogP contribution in [0.15, 0.2) is 12.2 Å². The van der Waals surface area contributed by atoms with Crippen LogP contribution >= 0.6 is 7.82 Å². The summed E-state index contributed by atoms with van der Waals surface area (Å²) in [5.41, 5.74) is 0. The second-order valence-corrected chi connectivity index (χ2v) is 32.7. The summed E-state index contributed by atoms with van der Waals surface area (Å²) in [7, 11) is 1.51. The summed E-state index contributed by atoms with van der Waals surface area (Å²) >= 11 is 0. The van der Waals surface area contributed by atoms with Crippen LogP contribution in [-0.2, 0) is 32.7 Å². The topological polar surface area (TPSA) is 108 Å². The molecule has 0 bridgehead atoms. The smallest absolute Gasteiger partial charge is 0.462 e. The molecule has 0 aromatic heterocycles. The van der Waals surface area contributed by atoms with E-state index in [9.17, 15) is 19.0 Å². The first-order chi connectivity index (χ1) is 47.0. The lowest BCUT2D eigenvalue weighted by Crippen LogP contribution is -2.37. The van der Waals surface area contributed by atoms with Gasteiger partial charge in [0.05, 0.1) is 27.7 Å². The quantitative estimate of drug-likeness (QED) is 0.0211. The lowest BCUT2D eigenvalue weighted by atomic mass is 10.0. The predicted molar refractivity (Wildman–Crippen MR) is 418 cm³/mol. The summed E-state index contributed by atoms with van der Waals surface area (Å²) < 4.78 is 34.9. The van der Waals surface area contributed by atoms with Crippen LogP contribution in [0.25, 0.3) is 0 Å². The highest BCUT2D eigenvalue weighted by Gasteiger charge is 2.27. The van der Waals surface area contributed by atoms with Crippen LogP contribution in [0.1, 0.15) is 476 Å². The largest absolute Gasteiger partial charge is 0.472 e. The Morgan fingerprint density at radius 2 is 0.531 bits per heavy atom. The van der Waals surface area contributed by atoms with E-state index in [4.69, 9.17) is 18.5 Å². The molecule has 0 radical (unpaired) electrons. The maximum absolute atomic E-state index is 12.9. The molecule has 0 aromatic carbocycles. The van der Waals surface area contributed by atoms with E-state index in [1.54, 1.807) is 0 Å². The molecule has 9 nitrogen and oxygen atoms in total. The fourth-order valence-corrected chi connectivity index (χ4v) is 14.4. The number of rotatable bonds is 83. The predicted octanol–water partition coefficient (Wildman–Crippen LogP) is 29.0. The Bertz CT molecular complexity index is 1620. The zero-order valence-corrected chi connectivity index (χ0v) is 66.6. The van der Waals surface area contributed by atoms with Gasteiger partial charge in [-0.2, -0.15) is 0 Å². The number of unbranched alkanes of at least 4 members (excludes halogenated alkanes) is 67. The van der Waals surface area contributed by atoms with E-state index in [-0.39, 0.29) is 25.6 Å². The third-order valence-electron chi connectivity index (χ3n) is 20.3. The number of hydrogen-bond donors (Lipinski definition) is 1. The van der Waals surface area contributed by atoms with Gasteiger partial charge in [-0.05, 0) is 38.5 Å². The SMILES string of the molecule is CCCCCCCCCC/C=C\CCCCCCCCCCCCCCCCCCCCCCCCCCCC(=O)OC(COC(=O)CCCCCCCCCCCCCCCCCCCCCCCCCCCCCCCCCCCCC)COP(=O)(O)OCC[N+](C)(C)C. The monoisotopic (exact) mass is 1380 g/mol. The fraction of sp³-hybridized carbons (Fsp3) is 0.953. The standard InChI is InChI=1S/C86H170NO8P/c1-6-8-10-12-14-16-18-20-22-24-26-28-30-32-34-36-38-40-42-43-45-47-49-51-53-55-57-59-61-63-65-67-69-71-73-75-77-79-86(89)95-84(83-94-96(90,91)93-81-80-87(3,4)5)82-92-85(88)78-76-74-72-70-68-66-64-62-60-58-56-54-52-50-48-46-44-41-39-37-35-33-31-29-27-25-23-21-19-17-15-13-11-9-7-2/h24,26,84H,6-23,25,27-83H2,1-5H3/p+1/b26-24-. The van der Waals surface area contributed by atoms with Gasteiger partial charge in [0.25, 0.3) is 0 Å². The minimum Gasteiger partial charge on any atom is -0.462 e. The average Bonchev–Trinajstić information content (AvgIpc) is 2.72. The lowest BCUT2D eigenvalue weighted by molar-refractivity contribution is -0.870. The molecule has 0 fully saturated rings. The van der Waals surface area contributed by atoms with Crippen LogP contribution in [-0.4, -0.2) is 74.9 Å². The molecule has 572 valence electrons. The first kappa shape index (κ1) is 94.8. The van der Waals surface area contributed by atoms with Crippen molar-refractivity contribution in [2.75, 3.05) is 47.5 Å². The number of hydrogen-bond acceptors (Lipinski definition) is 7. The molecular weight excluding hydrogens is 1210 g/mol. The van der Waals surface area contributed by atoms with Gasteiger partial charge in [-0.1, -0.05) is 437 Å². The molecule has 0 saturated carbocycles. The molecule has 0 saturated heterocycles. The van der Waals surface area contributed by atoms with Crippen molar-refractivity contribution < 1.29 is 42.1 Å². The Balaban J connectivity index is 3.84. The van der Waals surface area contributed by atoms with E-state index in [1.807, 2.05) is 21.1 Å². The molecule has 0 rings (SSSR count). The van der Waals surface area contributed by atoms with Crippen molar-refractivity contribution in [3.63, 3.8) is 0 Å². The van der Waals surface area contributed by atoms with E-state index >= 15 is 0 Å². The van der Waals surface area contributed by atoms with Crippen LogP contribution in [0, 0.1) is 0 Å². The number of quaternary nitrogens is 1. The number of nitrogens with zero attached hydrogens (tertiary/aromatic N) is 1. The number of phosphoric acid groups is 1. The van der Waals surface area contributed by atoms with E-state index in [0.29, 0.717) is 17.4 Å². The Kier molecular flexibility index (Phi) is 76.9. The molecule has 0 aromatic rings. The van der Waals surface area contributed by atoms with E-state index in [0.717, 1.165) is 38.5 Å². The van der Waals surface area contributed by atoms with Crippen molar-refractivity contribution in [2.24, 2.45) is 0 Å². The summed E-state index contributed by atoms with van der Waals surface area (Å²) in [6, 6.07) is 0. The average molecular weight is 1380 g/mol. The van der Waals surface area contributed by atoms with Crippen LogP contribution in [0.4, 0.5) is 0 Å². The summed E-state index contributed by atoms with van der Waals surface area (Å²) in [6.07, 6.45) is 99.8. The number of ether oxygens (including phenoxy) is 2. The molecule has 0 heterocycles. The van der Waals surface area contributed by atoms with Crippen molar-refractivity contribution in [3.8, 4) is 0 Å². The van der Waals surface area contributed by atoms with E-state index < -0.39 is 26.5 Å². The van der Waals surface area contributed by atoms with Gasteiger partial charge in [-0.15, -0.1) is 0 Å². The molecule has 0 amide bonds. The zero-order chi connectivity index (χ0) is 69.7. The van der Waals surface area contributed by atoms with Crippen molar-refractivity contribution in [1.82, 2.24) is 0 Å². The molecule has 0 aliphatic heterocycles. The Morgan fingerprint density at radius 1 is 0.312 bits per heavy atom. The van der Waals surface area contributed by atoms with Gasteiger partial charge in [0.15, 0.2) is 6.10 Å². The van der Waals surface area contributed by atoms with Crippen LogP contribution in [0.2, 0.25) is 0 Å². The highest BCUT2D eigenvalue weighted by atomic mass is 31.2. The summed E-state index contributed by atoms with van der Waals surface area (Å²) in [5.74, 6) is -0.764. The lowest BCUT2D eigenvalue weighted by Gasteiger charge is -2.24. The van der Waals surface area contributed by atoms with E-state index in [1.165, 1.54) is 411 Å². The van der Waals surface area contributed by atoms with Crippen molar-refractivity contribution in [1.29, 1.82) is 0 Å². The normalized spacial score (nSPS) is 12.9. The number of phosphoric ester groups is 1. The summed E-state index contributed by atoms with van der Waals surface area (Å²) in [4.78, 5) is 36.0. The van der Waals surface area contributed by atoms with Gasteiger partial charge in [0.1, 0.15) is 19.8 Å². The molecule has 2 unspecified atom stereocenters. The third-order valence-corrected chi connectivity index (χ3v) is 21.3. The van der Waals surface area contributed by atoms with Gasteiger partial charge in [-0.3, -0.25) is 18.6 Å². The molecular formula is C86H171NO8P+. The number of carbonyl (C=O) groups is 2. The fourth-order valence-electron chi connectivity index (χ4n) is 13.7. The van der Waals surface area contributed by atoms with Crippen molar-refractivity contribution >= 4 is 19.8 Å². The Hall–Kier alpha value is -1.25. The minimum atomic E-state index is -4.39. The molecule has 0 aliphatic rings. The molecule has 0 spiro atoms. The molecule has 96 heavy (non-hydrogen) atoms. The third kappa shape index (κ3) is 81.7. The maximum Gasteiger partial charge on any atom is 0.472 e. The van der Waals surface area contributed by atoms with Crippen LogP contribution in [0.5, 0.6) is 0 Å². The maximum atomic E-state index is 12.9. The highest BCUT2D eigenvalue weighted by Crippen LogP contribution is 2.43. The van der Waals surface area contributed by atoms with Gasteiger partial charge in [-0.25, -0.2) is 4.57 Å². The second kappa shape index (κ2) is 77.9. The Morgan fingerprint density at radius 3 is 0.771 bits per heavy atom. The van der Waals surface area contributed by atoms with Gasteiger partial charge in [0.2, 0.25) is 0 Å². The van der Waals surface area contributed by atoms with Crippen LogP contribution in [0.3, 0.4) is 0 Å². The van der Waals surface area contributed by atoms with Gasteiger partial charge < -0.3 is 18.9 Å². The second-order valence-electron chi connectivity index (χ2n) is 31.3. The van der Waals surface area contributed by atoms with Gasteiger partial charge in [0, 0.05) is 12.8 Å². The van der Waals surface area contributed by atoms with Crippen LogP contribution < -0.4 is 0 Å². The van der Waals surface area contributed by atoms with Gasteiger partial charge >= 0.3 is 19.8 Å². The summed E-state index contributed by atoms with van der Waals surface area (Å²) in [5, 5.41) is 0. The highest BCUT2D eigenvalue weighted by molar-refractivity contribution is 7.47. The molecule has 1 N–H and O–H groups in total. The van der Waals surface area contributed by atoms with Crippen molar-refractivity contribution in [3.05, 3.63) is 12.2 Å². The first-order valence-corrected chi connectivity index (χ1v) is 44.9. The molecule has 10 heteroatoms. The van der Waals surface area contributed by atoms with Crippen molar-refractivity contribution in [2.45, 2.75) is 482 Å². The number of esters is 2. The zero-order valence-electron chi connectivity index (χ0n) is 65.7. The number of likely N-dealkylation sites (N-methyl/N-ethyl adjacent to an activating group) is 1. The Labute approximate surface area is 600 Å². The molecule has 2 atom stereocenters. The first-order valence-electron chi connectivity index (χ1n) is 43.4. The number of allylic oxidation sites excluding steroid dienone is 2. The van der Waals surface area contributed by atoms with E-state index in [2.05, 4.69) is 26.0 Å². The summed E-state index contributed by atoms with van der Waals surface area (Å²) in [6.45, 7) is 4.54. The molecule has 0 aliphatic carbocycles. The minimum absolute atomic E-state index is 0.0372.